The number of nitrogens with zero attached hydrogens (tertiary/aromatic N) is 1. The van der Waals surface area contributed by atoms with E-state index in [1.807, 2.05) is 37.3 Å². The summed E-state index contributed by atoms with van der Waals surface area (Å²) in [6, 6.07) is 9.79. The van der Waals surface area contributed by atoms with Crippen LogP contribution in [0.5, 0.6) is 0 Å². The van der Waals surface area contributed by atoms with Crippen molar-refractivity contribution in [2.45, 2.75) is 19.4 Å². The van der Waals surface area contributed by atoms with Gasteiger partial charge in [-0.3, -0.25) is 4.79 Å². The van der Waals surface area contributed by atoms with Gasteiger partial charge in [0.25, 0.3) is 5.91 Å². The lowest BCUT2D eigenvalue weighted by Crippen LogP contribution is -2.28. The van der Waals surface area contributed by atoms with E-state index in [1.54, 1.807) is 0 Å². The molecule has 2 N–H and O–H groups in total. The van der Waals surface area contributed by atoms with Crippen molar-refractivity contribution in [2.75, 3.05) is 20.3 Å². The second-order valence-corrected chi connectivity index (χ2v) is 5.95. The molecule has 6 heteroatoms. The van der Waals surface area contributed by atoms with Crippen LogP contribution in [0.4, 0.5) is 0 Å². The SMILES string of the molecule is COCC(O)CCNC(=O)c1sc(-c2ccccc2)nc1C. The lowest BCUT2D eigenvalue weighted by molar-refractivity contribution is 0.0588. The van der Waals surface area contributed by atoms with Gasteiger partial charge in [-0.05, 0) is 13.3 Å². The molecular weight excluding hydrogens is 300 g/mol. The first kappa shape index (κ1) is 16.6. The third-order valence-corrected chi connectivity index (χ3v) is 4.35. The number of rotatable bonds is 7. The summed E-state index contributed by atoms with van der Waals surface area (Å²) in [5.41, 5.74) is 1.73. The Hall–Kier alpha value is -1.76. The molecule has 0 saturated carbocycles. The number of carbonyl (C=O) groups is 1. The number of benzene rings is 1. The summed E-state index contributed by atoms with van der Waals surface area (Å²) in [6.07, 6.45) is -0.101. The zero-order valence-corrected chi connectivity index (χ0v) is 13.5. The van der Waals surface area contributed by atoms with Crippen molar-refractivity contribution >= 4 is 17.2 Å². The second-order valence-electron chi connectivity index (χ2n) is 4.95. The van der Waals surface area contributed by atoms with Crippen LogP contribution in [0.15, 0.2) is 30.3 Å². The maximum absolute atomic E-state index is 12.2. The van der Waals surface area contributed by atoms with Crippen LogP contribution in [-0.4, -0.2) is 42.4 Å². The van der Waals surface area contributed by atoms with Crippen molar-refractivity contribution in [1.29, 1.82) is 0 Å². The van der Waals surface area contributed by atoms with Crippen LogP contribution in [-0.2, 0) is 4.74 Å². The fraction of sp³-hybridized carbons (Fsp3) is 0.375. The molecule has 1 unspecified atom stereocenters. The number of ether oxygens (including phenoxy) is 1. The minimum absolute atomic E-state index is 0.151. The van der Waals surface area contributed by atoms with E-state index in [2.05, 4.69) is 10.3 Å². The fourth-order valence-corrected chi connectivity index (χ4v) is 3.01. The summed E-state index contributed by atoms with van der Waals surface area (Å²) in [6.45, 7) is 2.51. The number of aliphatic hydroxyl groups is 1. The van der Waals surface area contributed by atoms with E-state index in [0.29, 0.717) is 17.8 Å². The first-order valence-corrected chi connectivity index (χ1v) is 7.91. The highest BCUT2D eigenvalue weighted by Crippen LogP contribution is 2.27. The lowest BCUT2D eigenvalue weighted by atomic mass is 10.2. The van der Waals surface area contributed by atoms with E-state index < -0.39 is 6.10 Å². The van der Waals surface area contributed by atoms with Gasteiger partial charge in [0, 0.05) is 19.2 Å². The molecule has 0 aliphatic heterocycles. The van der Waals surface area contributed by atoms with Crippen molar-refractivity contribution in [3.05, 3.63) is 40.9 Å². The number of aromatic nitrogens is 1. The van der Waals surface area contributed by atoms with Gasteiger partial charge < -0.3 is 15.2 Å². The summed E-state index contributed by atoms with van der Waals surface area (Å²) < 4.78 is 4.85. The Morgan fingerprint density at radius 1 is 1.41 bits per heavy atom. The van der Waals surface area contributed by atoms with Crippen LogP contribution in [0.3, 0.4) is 0 Å². The van der Waals surface area contributed by atoms with Crippen LogP contribution in [0.25, 0.3) is 10.6 Å². The number of hydrogen-bond acceptors (Lipinski definition) is 5. The van der Waals surface area contributed by atoms with Crippen molar-refractivity contribution in [1.82, 2.24) is 10.3 Å². The summed E-state index contributed by atoms with van der Waals surface area (Å²) in [5, 5.41) is 13.2. The summed E-state index contributed by atoms with van der Waals surface area (Å²) in [5.74, 6) is -0.151. The number of hydrogen-bond donors (Lipinski definition) is 2. The number of aryl methyl sites for hydroxylation is 1. The molecule has 1 heterocycles. The second kappa shape index (κ2) is 8.03. The molecule has 0 aliphatic rings. The molecule has 0 bridgehead atoms. The summed E-state index contributed by atoms with van der Waals surface area (Å²) in [4.78, 5) is 17.3. The Bertz CT molecular complexity index is 613. The predicted octanol–water partition coefficient (Wildman–Crippen LogP) is 2.25. The third-order valence-electron chi connectivity index (χ3n) is 3.15. The monoisotopic (exact) mass is 320 g/mol. The van der Waals surface area contributed by atoms with Crippen LogP contribution < -0.4 is 5.32 Å². The minimum Gasteiger partial charge on any atom is -0.391 e. The van der Waals surface area contributed by atoms with Gasteiger partial charge in [0.05, 0.1) is 18.4 Å². The minimum atomic E-state index is -0.562. The van der Waals surface area contributed by atoms with Gasteiger partial charge in [0.15, 0.2) is 0 Å². The van der Waals surface area contributed by atoms with Gasteiger partial charge in [-0.15, -0.1) is 11.3 Å². The van der Waals surface area contributed by atoms with Crippen LogP contribution in [0.2, 0.25) is 0 Å². The van der Waals surface area contributed by atoms with E-state index in [0.717, 1.165) is 16.3 Å². The highest BCUT2D eigenvalue weighted by Gasteiger charge is 2.16. The molecule has 2 aromatic rings. The Morgan fingerprint density at radius 2 is 2.14 bits per heavy atom. The molecule has 1 aromatic heterocycles. The standard InChI is InChI=1S/C16H20N2O3S/c1-11-14(15(20)17-9-8-13(19)10-21-2)22-16(18-11)12-6-4-3-5-7-12/h3-7,13,19H,8-10H2,1-2H3,(H,17,20). The van der Waals surface area contributed by atoms with Gasteiger partial charge in [-0.2, -0.15) is 0 Å². The third kappa shape index (κ3) is 4.37. The average molecular weight is 320 g/mol. The average Bonchev–Trinajstić information content (AvgIpc) is 2.90. The summed E-state index contributed by atoms with van der Waals surface area (Å²) in [7, 11) is 1.54. The number of nitrogens with one attached hydrogen (secondary N) is 1. The Morgan fingerprint density at radius 3 is 2.82 bits per heavy atom. The zero-order valence-electron chi connectivity index (χ0n) is 12.7. The molecule has 1 aromatic carbocycles. The first-order valence-electron chi connectivity index (χ1n) is 7.10. The molecule has 118 valence electrons. The number of amides is 1. The molecule has 22 heavy (non-hydrogen) atoms. The zero-order chi connectivity index (χ0) is 15.9. The molecule has 1 atom stereocenters. The van der Waals surface area contributed by atoms with Crippen LogP contribution >= 0.6 is 11.3 Å². The highest BCUT2D eigenvalue weighted by atomic mass is 32.1. The van der Waals surface area contributed by atoms with E-state index in [-0.39, 0.29) is 12.5 Å². The molecule has 2 rings (SSSR count). The van der Waals surface area contributed by atoms with Crippen LogP contribution in [0, 0.1) is 6.92 Å². The lowest BCUT2D eigenvalue weighted by Gasteiger charge is -2.09. The molecule has 1 amide bonds. The number of aliphatic hydroxyl groups excluding tert-OH is 1. The van der Waals surface area contributed by atoms with Gasteiger partial charge in [-0.1, -0.05) is 30.3 Å². The Kier molecular flexibility index (Phi) is 6.06. The van der Waals surface area contributed by atoms with Crippen molar-refractivity contribution in [3.8, 4) is 10.6 Å². The maximum atomic E-state index is 12.2. The maximum Gasteiger partial charge on any atom is 0.263 e. The Labute approximate surface area is 134 Å². The van der Waals surface area contributed by atoms with Crippen LogP contribution in [0.1, 0.15) is 21.8 Å². The van der Waals surface area contributed by atoms with Crippen molar-refractivity contribution in [2.24, 2.45) is 0 Å². The van der Waals surface area contributed by atoms with Gasteiger partial charge >= 0.3 is 0 Å². The van der Waals surface area contributed by atoms with Crippen molar-refractivity contribution < 1.29 is 14.6 Å². The number of thiazole rings is 1. The highest BCUT2D eigenvalue weighted by molar-refractivity contribution is 7.17. The molecule has 0 spiro atoms. The fourth-order valence-electron chi connectivity index (χ4n) is 2.02. The van der Waals surface area contributed by atoms with Gasteiger partial charge in [-0.25, -0.2) is 4.98 Å². The smallest absolute Gasteiger partial charge is 0.263 e. The largest absolute Gasteiger partial charge is 0.391 e. The normalized spacial score (nSPS) is 12.1. The van der Waals surface area contributed by atoms with Crippen molar-refractivity contribution in [3.63, 3.8) is 0 Å². The molecule has 5 nitrogen and oxygen atoms in total. The molecule has 0 fully saturated rings. The van der Waals surface area contributed by atoms with Gasteiger partial charge in [0.1, 0.15) is 9.88 Å². The Balaban J connectivity index is 1.97. The number of carbonyl (C=O) groups excluding carboxylic acids is 1. The van der Waals surface area contributed by atoms with Gasteiger partial charge in [0.2, 0.25) is 0 Å². The quantitative estimate of drug-likeness (QED) is 0.821. The molecule has 0 radical (unpaired) electrons. The topological polar surface area (TPSA) is 71.5 Å². The predicted molar refractivity (Wildman–Crippen MR) is 87.1 cm³/mol. The first-order chi connectivity index (χ1) is 10.6. The van der Waals surface area contributed by atoms with E-state index in [1.165, 1.54) is 18.4 Å². The van der Waals surface area contributed by atoms with E-state index in [4.69, 9.17) is 4.74 Å². The van der Waals surface area contributed by atoms with E-state index >= 15 is 0 Å². The van der Waals surface area contributed by atoms with E-state index in [9.17, 15) is 9.90 Å². The molecular formula is C16H20N2O3S. The molecule has 0 saturated heterocycles. The molecule has 0 aliphatic carbocycles. The summed E-state index contributed by atoms with van der Waals surface area (Å²) >= 11 is 1.38. The number of methoxy groups -OCH3 is 1.